The molecule has 0 bridgehead atoms. The van der Waals surface area contributed by atoms with Gasteiger partial charge in [-0.3, -0.25) is 4.98 Å². The molecule has 0 atom stereocenters. The number of rotatable bonds is 2. The third-order valence-corrected chi connectivity index (χ3v) is 3.35. The minimum Gasteiger partial charge on any atom is -0.594 e. The second kappa shape index (κ2) is 4.92. The molecule has 0 saturated heterocycles. The first-order chi connectivity index (χ1) is 10.8. The van der Waals surface area contributed by atoms with Crippen LogP contribution in [0.2, 0.25) is 0 Å². The maximum absolute atomic E-state index is 11.9. The van der Waals surface area contributed by atoms with Crippen LogP contribution in [0.1, 0.15) is 0 Å². The molecule has 0 fully saturated rings. The number of para-hydroxylation sites is 3. The smallest absolute Gasteiger partial charge is 0.295 e. The van der Waals surface area contributed by atoms with E-state index >= 15 is 0 Å². The monoisotopic (exact) mass is 289 g/mol. The van der Waals surface area contributed by atoms with Gasteiger partial charge in [-0.05, 0) is 23.0 Å². The zero-order chi connectivity index (χ0) is 14.9. The summed E-state index contributed by atoms with van der Waals surface area (Å²) in [5.74, 6) is 0.241. The van der Waals surface area contributed by atoms with Gasteiger partial charge in [-0.1, -0.05) is 30.3 Å². The van der Waals surface area contributed by atoms with Crippen LogP contribution in [0.4, 0.5) is 11.6 Å². The highest BCUT2D eigenvalue weighted by atomic mass is 16.5. The molecule has 0 aliphatic rings. The molecule has 0 aliphatic heterocycles. The Bertz CT molecular complexity index is 986. The molecule has 0 amide bonds. The van der Waals surface area contributed by atoms with E-state index < -0.39 is 0 Å². The Morgan fingerprint density at radius 2 is 1.73 bits per heavy atom. The number of hydrogen-bond acceptors (Lipinski definition) is 5. The summed E-state index contributed by atoms with van der Waals surface area (Å²) < 4.78 is 0. The van der Waals surface area contributed by atoms with Crippen LogP contribution < -0.4 is 10.2 Å². The van der Waals surface area contributed by atoms with Crippen LogP contribution in [-0.4, -0.2) is 15.1 Å². The normalized spacial score (nSPS) is 10.9. The van der Waals surface area contributed by atoms with Crippen molar-refractivity contribution in [3.05, 3.63) is 66.0 Å². The third-order valence-electron chi connectivity index (χ3n) is 3.35. The van der Waals surface area contributed by atoms with Gasteiger partial charge in [0, 0.05) is 11.5 Å². The van der Waals surface area contributed by atoms with E-state index in [4.69, 9.17) is 0 Å². The summed E-state index contributed by atoms with van der Waals surface area (Å²) in [6, 6.07) is 16.8. The van der Waals surface area contributed by atoms with E-state index in [1.165, 1.54) is 0 Å². The highest BCUT2D eigenvalue weighted by Gasteiger charge is 2.10. The molecule has 4 aromatic rings. The predicted molar refractivity (Wildman–Crippen MR) is 83.5 cm³/mol. The fraction of sp³-hybridized carbons (Fsp3) is 0. The number of fused-ring (bicyclic) bond motifs is 2. The van der Waals surface area contributed by atoms with Gasteiger partial charge in [0.15, 0.2) is 0 Å². The third kappa shape index (κ3) is 2.16. The lowest BCUT2D eigenvalue weighted by atomic mass is 10.2. The number of nitrogens with zero attached hydrogens (tertiary/aromatic N) is 4. The van der Waals surface area contributed by atoms with E-state index in [0.717, 1.165) is 16.6 Å². The molecule has 6 nitrogen and oxygen atoms in total. The van der Waals surface area contributed by atoms with Gasteiger partial charge >= 0.3 is 0 Å². The number of aromatic nitrogens is 4. The summed E-state index contributed by atoms with van der Waals surface area (Å²) in [6.07, 6.45) is 1.69. The first-order valence-electron chi connectivity index (χ1n) is 6.78. The number of hydrogen-bond donors (Lipinski definition) is 1. The van der Waals surface area contributed by atoms with Crippen LogP contribution >= 0.6 is 0 Å². The minimum absolute atomic E-state index is 0.241. The molecule has 4 rings (SSSR count). The highest BCUT2D eigenvalue weighted by Crippen LogP contribution is 2.18. The van der Waals surface area contributed by atoms with Crippen LogP contribution in [0.5, 0.6) is 0 Å². The lowest BCUT2D eigenvalue weighted by Gasteiger charge is -2.06. The molecule has 6 heteroatoms. The van der Waals surface area contributed by atoms with Gasteiger partial charge < -0.3 is 10.5 Å². The minimum atomic E-state index is 0.241. The summed E-state index contributed by atoms with van der Waals surface area (Å²) in [5, 5.41) is 19.8. The summed E-state index contributed by atoms with van der Waals surface area (Å²) in [4.78, 5) is 9.27. The molecule has 2 aromatic carbocycles. The molecule has 0 saturated carbocycles. The molecule has 0 spiro atoms. The molecule has 2 heterocycles. The van der Waals surface area contributed by atoms with Crippen molar-refractivity contribution < 1.29 is 4.85 Å². The first-order valence-corrected chi connectivity index (χ1v) is 6.78. The van der Waals surface area contributed by atoms with Crippen LogP contribution in [0.15, 0.2) is 60.8 Å². The average Bonchev–Trinajstić information content (AvgIpc) is 2.55. The van der Waals surface area contributed by atoms with Gasteiger partial charge in [0.05, 0.1) is 22.5 Å². The second-order valence-corrected chi connectivity index (χ2v) is 4.84. The summed E-state index contributed by atoms with van der Waals surface area (Å²) in [6.45, 7) is 0. The Kier molecular flexibility index (Phi) is 2.79. The number of pyridine rings is 1. The van der Waals surface area contributed by atoms with Crippen molar-refractivity contribution in [2.75, 3.05) is 5.32 Å². The van der Waals surface area contributed by atoms with Gasteiger partial charge in [-0.15, -0.1) is 0 Å². The van der Waals surface area contributed by atoms with E-state index in [0.29, 0.717) is 15.9 Å². The maximum Gasteiger partial charge on any atom is 0.295 e. The van der Waals surface area contributed by atoms with Crippen molar-refractivity contribution in [3.8, 4) is 0 Å². The Hall–Kier alpha value is -3.28. The van der Waals surface area contributed by atoms with Crippen molar-refractivity contribution in [2.24, 2.45) is 0 Å². The van der Waals surface area contributed by atoms with Crippen molar-refractivity contribution in [1.29, 1.82) is 0 Å². The number of anilines is 2. The fourth-order valence-electron chi connectivity index (χ4n) is 2.32. The highest BCUT2D eigenvalue weighted by molar-refractivity contribution is 5.82. The fourth-order valence-corrected chi connectivity index (χ4v) is 2.32. The molecular formula is C16H11N5O. The van der Waals surface area contributed by atoms with Gasteiger partial charge in [-0.25, -0.2) is 4.98 Å². The zero-order valence-corrected chi connectivity index (χ0v) is 11.5. The standard InChI is InChI=1S/C16H11N5O/c22-21-15-8-4-3-7-14(15)19-16(20-21)18-12-9-11-5-1-2-6-13(11)17-10-12/h1-10H,(H,18,19,20). The zero-order valence-electron chi connectivity index (χ0n) is 11.5. The van der Waals surface area contributed by atoms with E-state index in [-0.39, 0.29) is 5.95 Å². The molecule has 0 aliphatic carbocycles. The van der Waals surface area contributed by atoms with Crippen molar-refractivity contribution in [2.45, 2.75) is 0 Å². The van der Waals surface area contributed by atoms with E-state index in [2.05, 4.69) is 20.4 Å². The topological polar surface area (TPSA) is 77.6 Å². The predicted octanol–water partition coefficient (Wildman–Crippen LogP) is 2.56. The lowest BCUT2D eigenvalue weighted by Crippen LogP contribution is -2.33. The Balaban J connectivity index is 1.75. The molecule has 0 radical (unpaired) electrons. The Morgan fingerprint density at radius 3 is 2.64 bits per heavy atom. The molecule has 0 unspecified atom stereocenters. The summed E-state index contributed by atoms with van der Waals surface area (Å²) >= 11 is 0. The summed E-state index contributed by atoms with van der Waals surface area (Å²) in [5.41, 5.74) is 2.66. The van der Waals surface area contributed by atoms with Crippen molar-refractivity contribution >= 4 is 33.6 Å². The molecule has 1 N–H and O–H groups in total. The van der Waals surface area contributed by atoms with Crippen LogP contribution in [-0.2, 0) is 0 Å². The molecule has 2 aromatic heterocycles. The quantitative estimate of drug-likeness (QED) is 0.453. The molecule has 22 heavy (non-hydrogen) atoms. The lowest BCUT2D eigenvalue weighted by molar-refractivity contribution is -0.641. The van der Waals surface area contributed by atoms with Crippen molar-refractivity contribution in [1.82, 2.24) is 15.1 Å². The van der Waals surface area contributed by atoms with E-state index in [9.17, 15) is 5.21 Å². The van der Waals surface area contributed by atoms with Gasteiger partial charge in [0.25, 0.3) is 11.5 Å². The maximum atomic E-state index is 11.9. The summed E-state index contributed by atoms with van der Waals surface area (Å²) in [7, 11) is 0. The first kappa shape index (κ1) is 12.5. The van der Waals surface area contributed by atoms with Gasteiger partial charge in [0.2, 0.25) is 0 Å². The van der Waals surface area contributed by atoms with E-state index in [1.54, 1.807) is 24.4 Å². The number of benzene rings is 2. The van der Waals surface area contributed by atoms with Gasteiger partial charge in [0.1, 0.15) is 5.52 Å². The average molecular weight is 289 g/mol. The molecular weight excluding hydrogens is 278 g/mol. The number of nitrogens with one attached hydrogen (secondary N) is 1. The second-order valence-electron chi connectivity index (χ2n) is 4.84. The Morgan fingerprint density at radius 1 is 0.955 bits per heavy atom. The largest absolute Gasteiger partial charge is 0.594 e. The van der Waals surface area contributed by atoms with Crippen LogP contribution in [0.3, 0.4) is 0 Å². The van der Waals surface area contributed by atoms with Crippen molar-refractivity contribution in [3.63, 3.8) is 0 Å². The Labute approximate surface area is 125 Å². The van der Waals surface area contributed by atoms with Crippen LogP contribution in [0.25, 0.3) is 21.9 Å². The van der Waals surface area contributed by atoms with E-state index in [1.807, 2.05) is 36.4 Å². The SMILES string of the molecule is [O-][n+]1nc(Nc2cnc3ccccc3c2)nc2ccccc21. The van der Waals surface area contributed by atoms with Crippen LogP contribution in [0, 0.1) is 5.21 Å². The van der Waals surface area contributed by atoms with Gasteiger partial charge in [-0.2, -0.15) is 0 Å². The molecule has 106 valence electrons.